The number of halogens is 1. The van der Waals surface area contributed by atoms with Crippen LogP contribution in [0.5, 0.6) is 0 Å². The third kappa shape index (κ3) is 2.44. The van der Waals surface area contributed by atoms with Crippen molar-refractivity contribution >= 4 is 16.9 Å². The minimum absolute atomic E-state index is 0.0575. The highest BCUT2D eigenvalue weighted by Crippen LogP contribution is 2.29. The molecular weight excluding hydrogens is 307 g/mol. The molecule has 1 atom stereocenters. The van der Waals surface area contributed by atoms with Crippen LogP contribution < -0.4 is 0 Å². The van der Waals surface area contributed by atoms with Crippen molar-refractivity contribution < 1.29 is 9.18 Å². The van der Waals surface area contributed by atoms with Gasteiger partial charge in [-0.3, -0.25) is 9.78 Å². The summed E-state index contributed by atoms with van der Waals surface area (Å²) in [5.74, 6) is 0.788. The lowest BCUT2D eigenvalue weighted by molar-refractivity contribution is 0.0790. The zero-order chi connectivity index (χ0) is 16.7. The summed E-state index contributed by atoms with van der Waals surface area (Å²) in [6, 6.07) is 7.60. The van der Waals surface area contributed by atoms with Crippen LogP contribution in [0.2, 0.25) is 0 Å². The first kappa shape index (κ1) is 14.8. The van der Waals surface area contributed by atoms with Crippen molar-refractivity contribution in [1.29, 1.82) is 0 Å². The van der Waals surface area contributed by atoms with Crippen LogP contribution in [0.1, 0.15) is 28.5 Å². The Morgan fingerprint density at radius 2 is 2.04 bits per heavy atom. The fraction of sp³-hybridized carbons (Fsp3) is 0.278. The van der Waals surface area contributed by atoms with Crippen LogP contribution in [0.4, 0.5) is 4.39 Å². The standard InChI is InChI=1S/C18H17FN4O/c1-22-16-10-20-8-6-15(16)21-17(22)13-7-9-23(11-13)18(24)12-2-4-14(19)5-3-12/h2-6,8,10,13H,7,9,11H2,1H3/t13-/m1/s1. The molecule has 3 heterocycles. The van der Waals surface area contributed by atoms with Gasteiger partial charge in [0.15, 0.2) is 0 Å². The number of carbonyl (C=O) groups is 1. The second-order valence-electron chi connectivity index (χ2n) is 6.14. The summed E-state index contributed by atoms with van der Waals surface area (Å²) in [5, 5.41) is 0. The number of nitrogens with zero attached hydrogens (tertiary/aromatic N) is 4. The Morgan fingerprint density at radius 1 is 1.25 bits per heavy atom. The molecular formula is C18H17FN4O. The number of aryl methyl sites for hydroxylation is 1. The molecule has 0 saturated carbocycles. The monoisotopic (exact) mass is 324 g/mol. The van der Waals surface area contributed by atoms with Gasteiger partial charge >= 0.3 is 0 Å². The van der Waals surface area contributed by atoms with E-state index in [2.05, 4.69) is 9.55 Å². The van der Waals surface area contributed by atoms with Crippen molar-refractivity contribution in [3.8, 4) is 0 Å². The number of aromatic nitrogens is 3. The molecule has 3 aromatic rings. The molecule has 0 spiro atoms. The van der Waals surface area contributed by atoms with E-state index < -0.39 is 0 Å². The molecule has 1 saturated heterocycles. The van der Waals surface area contributed by atoms with Gasteiger partial charge in [-0.05, 0) is 36.8 Å². The number of imidazole rings is 1. The quantitative estimate of drug-likeness (QED) is 0.728. The predicted molar refractivity (Wildman–Crippen MR) is 88.2 cm³/mol. The van der Waals surface area contributed by atoms with Crippen LogP contribution in [0.3, 0.4) is 0 Å². The van der Waals surface area contributed by atoms with E-state index in [4.69, 9.17) is 4.98 Å². The molecule has 4 rings (SSSR count). The van der Waals surface area contributed by atoms with Crippen molar-refractivity contribution in [3.63, 3.8) is 0 Å². The first-order valence-electron chi connectivity index (χ1n) is 7.94. The Kier molecular flexibility index (Phi) is 3.52. The number of fused-ring (bicyclic) bond motifs is 1. The zero-order valence-corrected chi connectivity index (χ0v) is 13.3. The molecule has 24 heavy (non-hydrogen) atoms. The number of hydrogen-bond donors (Lipinski definition) is 0. The molecule has 5 nitrogen and oxygen atoms in total. The van der Waals surface area contributed by atoms with Gasteiger partial charge in [-0.1, -0.05) is 0 Å². The summed E-state index contributed by atoms with van der Waals surface area (Å²) >= 11 is 0. The lowest BCUT2D eigenvalue weighted by atomic mass is 10.1. The van der Waals surface area contributed by atoms with Gasteiger partial charge in [-0.2, -0.15) is 0 Å². The molecule has 1 amide bonds. The van der Waals surface area contributed by atoms with E-state index in [1.54, 1.807) is 6.20 Å². The Labute approximate surface area is 138 Å². The maximum Gasteiger partial charge on any atom is 0.253 e. The van der Waals surface area contributed by atoms with E-state index in [0.717, 1.165) is 23.3 Å². The number of amides is 1. The van der Waals surface area contributed by atoms with Crippen LogP contribution in [0, 0.1) is 5.82 Å². The number of carbonyl (C=O) groups excluding carboxylic acids is 1. The Hall–Kier alpha value is -2.76. The van der Waals surface area contributed by atoms with Gasteiger partial charge in [0.1, 0.15) is 11.6 Å². The van der Waals surface area contributed by atoms with Gasteiger partial charge < -0.3 is 9.47 Å². The molecule has 1 fully saturated rings. The number of pyridine rings is 1. The summed E-state index contributed by atoms with van der Waals surface area (Å²) in [4.78, 5) is 23.2. The third-order valence-corrected chi connectivity index (χ3v) is 4.65. The molecule has 1 aliphatic rings. The highest BCUT2D eigenvalue weighted by molar-refractivity contribution is 5.94. The molecule has 2 aromatic heterocycles. The molecule has 0 N–H and O–H groups in total. The Bertz CT molecular complexity index is 903. The van der Waals surface area contributed by atoms with Gasteiger partial charge in [-0.15, -0.1) is 0 Å². The minimum atomic E-state index is -0.334. The summed E-state index contributed by atoms with van der Waals surface area (Å²) in [6.07, 6.45) is 4.41. The summed E-state index contributed by atoms with van der Waals surface area (Å²) in [5.41, 5.74) is 2.44. The van der Waals surface area contributed by atoms with Gasteiger partial charge in [0.05, 0.1) is 17.2 Å². The molecule has 0 radical (unpaired) electrons. The van der Waals surface area contributed by atoms with Gasteiger partial charge in [-0.25, -0.2) is 9.37 Å². The first-order valence-corrected chi connectivity index (χ1v) is 7.94. The van der Waals surface area contributed by atoms with Gasteiger partial charge in [0, 0.05) is 37.8 Å². The maximum atomic E-state index is 13.0. The molecule has 0 aliphatic carbocycles. The number of likely N-dealkylation sites (tertiary alicyclic amines) is 1. The first-order chi connectivity index (χ1) is 11.6. The van der Waals surface area contributed by atoms with Crippen molar-refractivity contribution in [3.05, 3.63) is 59.9 Å². The van der Waals surface area contributed by atoms with Crippen molar-refractivity contribution in [1.82, 2.24) is 19.4 Å². The van der Waals surface area contributed by atoms with E-state index in [9.17, 15) is 9.18 Å². The second-order valence-corrected chi connectivity index (χ2v) is 6.14. The van der Waals surface area contributed by atoms with E-state index in [1.807, 2.05) is 24.2 Å². The summed E-state index contributed by atoms with van der Waals surface area (Å²) in [6.45, 7) is 1.31. The van der Waals surface area contributed by atoms with Crippen LogP contribution in [0.15, 0.2) is 42.7 Å². The topological polar surface area (TPSA) is 51.0 Å². The molecule has 0 unspecified atom stereocenters. The van der Waals surface area contributed by atoms with E-state index in [0.29, 0.717) is 18.7 Å². The van der Waals surface area contributed by atoms with Crippen molar-refractivity contribution in [2.24, 2.45) is 7.05 Å². The predicted octanol–water partition coefficient (Wildman–Crippen LogP) is 2.74. The summed E-state index contributed by atoms with van der Waals surface area (Å²) < 4.78 is 15.1. The van der Waals surface area contributed by atoms with E-state index >= 15 is 0 Å². The molecule has 1 aromatic carbocycles. The Morgan fingerprint density at radius 3 is 2.79 bits per heavy atom. The molecule has 0 bridgehead atoms. The average Bonchev–Trinajstić information content (AvgIpc) is 3.20. The van der Waals surface area contributed by atoms with Gasteiger partial charge in [0.25, 0.3) is 5.91 Å². The SMILES string of the molecule is Cn1c([C@@H]2CCN(C(=O)c3ccc(F)cc3)C2)nc2ccncc21. The normalized spacial score (nSPS) is 17.6. The number of hydrogen-bond acceptors (Lipinski definition) is 3. The van der Waals surface area contributed by atoms with Crippen LogP contribution >= 0.6 is 0 Å². The molecule has 122 valence electrons. The fourth-order valence-corrected chi connectivity index (χ4v) is 3.35. The highest BCUT2D eigenvalue weighted by atomic mass is 19.1. The summed E-state index contributed by atoms with van der Waals surface area (Å²) in [7, 11) is 1.98. The lowest BCUT2D eigenvalue weighted by Gasteiger charge is -2.16. The fourth-order valence-electron chi connectivity index (χ4n) is 3.35. The van der Waals surface area contributed by atoms with E-state index in [1.165, 1.54) is 24.3 Å². The zero-order valence-electron chi connectivity index (χ0n) is 13.3. The smallest absolute Gasteiger partial charge is 0.253 e. The van der Waals surface area contributed by atoms with Crippen LogP contribution in [-0.4, -0.2) is 38.4 Å². The molecule has 6 heteroatoms. The van der Waals surface area contributed by atoms with Crippen molar-refractivity contribution in [2.75, 3.05) is 13.1 Å². The number of benzene rings is 1. The second kappa shape index (κ2) is 5.70. The van der Waals surface area contributed by atoms with Crippen LogP contribution in [-0.2, 0) is 7.05 Å². The Balaban J connectivity index is 1.56. The molecule has 1 aliphatic heterocycles. The maximum absolute atomic E-state index is 13.0. The van der Waals surface area contributed by atoms with Gasteiger partial charge in [0.2, 0.25) is 0 Å². The third-order valence-electron chi connectivity index (χ3n) is 4.65. The minimum Gasteiger partial charge on any atom is -0.338 e. The lowest BCUT2D eigenvalue weighted by Crippen LogP contribution is -2.28. The largest absolute Gasteiger partial charge is 0.338 e. The van der Waals surface area contributed by atoms with Crippen molar-refractivity contribution in [2.45, 2.75) is 12.3 Å². The number of rotatable bonds is 2. The highest BCUT2D eigenvalue weighted by Gasteiger charge is 2.30. The van der Waals surface area contributed by atoms with E-state index in [-0.39, 0.29) is 17.6 Å². The van der Waals surface area contributed by atoms with Crippen LogP contribution in [0.25, 0.3) is 11.0 Å². The average molecular weight is 324 g/mol.